The Hall–Kier alpha value is -1.62. The number of anilines is 1. The minimum atomic E-state index is 0.606. The molecule has 2 rings (SSSR count). The molecule has 18 heavy (non-hydrogen) atoms. The molecule has 5 heteroatoms. The van der Waals surface area contributed by atoms with Crippen LogP contribution in [-0.2, 0) is 6.54 Å². The Balaban J connectivity index is 1.92. The second-order valence-corrected chi connectivity index (χ2v) is 5.31. The molecule has 2 aromatic heterocycles. The zero-order valence-corrected chi connectivity index (χ0v) is 11.5. The molecule has 4 nitrogen and oxygen atoms in total. The predicted molar refractivity (Wildman–Crippen MR) is 74.2 cm³/mol. The van der Waals surface area contributed by atoms with E-state index in [1.54, 1.807) is 23.6 Å². The van der Waals surface area contributed by atoms with Crippen molar-refractivity contribution in [1.82, 2.24) is 9.97 Å². The fourth-order valence-corrected chi connectivity index (χ4v) is 2.29. The average Bonchev–Trinajstić information content (AvgIpc) is 2.80. The lowest BCUT2D eigenvalue weighted by molar-refractivity contribution is 0.305. The van der Waals surface area contributed by atoms with Crippen LogP contribution in [0.1, 0.15) is 23.1 Å². The van der Waals surface area contributed by atoms with E-state index in [0.29, 0.717) is 18.4 Å². The Morgan fingerprint density at radius 2 is 2.22 bits per heavy atom. The molecule has 0 fully saturated rings. The number of nitrogens with one attached hydrogen (secondary N) is 1. The van der Waals surface area contributed by atoms with Gasteiger partial charge in [0.25, 0.3) is 0 Å². The number of aromatic nitrogens is 2. The first-order chi connectivity index (χ1) is 8.78. The lowest BCUT2D eigenvalue weighted by Gasteiger charge is -2.06. The number of hydrogen-bond donors (Lipinski definition) is 1. The third-order valence-electron chi connectivity index (χ3n) is 2.30. The lowest BCUT2D eigenvalue weighted by Crippen LogP contribution is -2.04. The smallest absolute Gasteiger partial charge is 0.226 e. The molecular weight excluding hydrogens is 246 g/mol. The topological polar surface area (TPSA) is 47.0 Å². The molecule has 0 amide bonds. The van der Waals surface area contributed by atoms with Crippen LogP contribution < -0.4 is 10.1 Å². The molecule has 0 saturated carbocycles. The van der Waals surface area contributed by atoms with Gasteiger partial charge < -0.3 is 10.1 Å². The van der Waals surface area contributed by atoms with Crippen LogP contribution in [0.4, 0.5) is 5.95 Å². The van der Waals surface area contributed by atoms with Crippen molar-refractivity contribution in [3.8, 4) is 5.88 Å². The minimum Gasteiger partial charge on any atom is -0.478 e. The lowest BCUT2D eigenvalue weighted by atomic mass is 10.4. The zero-order chi connectivity index (χ0) is 12.8. The third kappa shape index (κ3) is 3.70. The molecule has 0 unspecified atom stereocenters. The summed E-state index contributed by atoms with van der Waals surface area (Å²) in [6.07, 6.45) is 2.68. The van der Waals surface area contributed by atoms with Crippen LogP contribution in [0.25, 0.3) is 0 Å². The van der Waals surface area contributed by atoms with Gasteiger partial charge in [0.05, 0.1) is 13.2 Å². The monoisotopic (exact) mass is 263 g/mol. The van der Waals surface area contributed by atoms with Crippen LogP contribution in [0, 0.1) is 6.92 Å². The van der Waals surface area contributed by atoms with Gasteiger partial charge in [-0.1, -0.05) is 6.92 Å². The van der Waals surface area contributed by atoms with Gasteiger partial charge in [0, 0.05) is 22.0 Å². The predicted octanol–water partition coefficient (Wildman–Crippen LogP) is 3.25. The number of rotatable bonds is 6. The van der Waals surface area contributed by atoms with Crippen LogP contribution in [0.5, 0.6) is 5.88 Å². The van der Waals surface area contributed by atoms with Gasteiger partial charge in [-0.3, -0.25) is 0 Å². The Labute approximate surface area is 111 Å². The fraction of sp³-hybridized carbons (Fsp3) is 0.385. The minimum absolute atomic E-state index is 0.606. The molecule has 0 aromatic carbocycles. The van der Waals surface area contributed by atoms with E-state index in [1.807, 2.05) is 0 Å². The molecule has 0 bridgehead atoms. The Kier molecular flexibility index (Phi) is 4.52. The standard InChI is InChI=1S/C13H17N3OS/c1-3-8-17-12-6-7-14-13(16-12)15-9-11-5-4-10(2)18-11/h4-7H,3,8-9H2,1-2H3,(H,14,15,16). The summed E-state index contributed by atoms with van der Waals surface area (Å²) in [5.41, 5.74) is 0. The number of hydrogen-bond acceptors (Lipinski definition) is 5. The van der Waals surface area contributed by atoms with E-state index in [9.17, 15) is 0 Å². The fourth-order valence-electron chi connectivity index (χ4n) is 1.46. The average molecular weight is 263 g/mol. The molecule has 0 aliphatic rings. The molecule has 0 saturated heterocycles. The van der Waals surface area contributed by atoms with Gasteiger partial charge in [-0.2, -0.15) is 4.98 Å². The maximum absolute atomic E-state index is 5.46. The molecular formula is C13H17N3OS. The molecule has 2 aromatic rings. The first-order valence-corrected chi connectivity index (χ1v) is 6.84. The van der Waals surface area contributed by atoms with E-state index in [2.05, 4.69) is 41.3 Å². The first kappa shape index (κ1) is 12.8. The summed E-state index contributed by atoms with van der Waals surface area (Å²) in [6.45, 7) is 5.60. The highest BCUT2D eigenvalue weighted by molar-refractivity contribution is 7.11. The van der Waals surface area contributed by atoms with Crippen molar-refractivity contribution in [1.29, 1.82) is 0 Å². The Bertz CT molecular complexity index is 498. The highest BCUT2D eigenvalue weighted by Crippen LogP contribution is 2.16. The molecule has 0 aliphatic heterocycles. The number of ether oxygens (including phenoxy) is 1. The van der Waals surface area contributed by atoms with E-state index in [4.69, 9.17) is 4.74 Å². The molecule has 0 radical (unpaired) electrons. The third-order valence-corrected chi connectivity index (χ3v) is 3.30. The summed E-state index contributed by atoms with van der Waals surface area (Å²) in [7, 11) is 0. The number of aryl methyl sites for hydroxylation is 1. The zero-order valence-electron chi connectivity index (χ0n) is 10.6. The van der Waals surface area contributed by atoms with Crippen LogP contribution in [-0.4, -0.2) is 16.6 Å². The molecule has 0 atom stereocenters. The second kappa shape index (κ2) is 6.35. The summed E-state index contributed by atoms with van der Waals surface area (Å²) in [5.74, 6) is 1.23. The quantitative estimate of drug-likeness (QED) is 0.869. The Morgan fingerprint density at radius 1 is 1.33 bits per heavy atom. The summed E-state index contributed by atoms with van der Waals surface area (Å²) in [6, 6.07) is 6.00. The van der Waals surface area contributed by atoms with E-state index in [0.717, 1.165) is 13.0 Å². The van der Waals surface area contributed by atoms with Gasteiger partial charge in [-0.05, 0) is 25.5 Å². The van der Waals surface area contributed by atoms with E-state index >= 15 is 0 Å². The molecule has 0 aliphatic carbocycles. The van der Waals surface area contributed by atoms with Gasteiger partial charge in [-0.25, -0.2) is 4.98 Å². The molecule has 1 N–H and O–H groups in total. The normalized spacial score (nSPS) is 10.3. The van der Waals surface area contributed by atoms with Crippen LogP contribution in [0.3, 0.4) is 0 Å². The second-order valence-electron chi connectivity index (χ2n) is 3.93. The van der Waals surface area contributed by atoms with Crippen molar-refractivity contribution >= 4 is 17.3 Å². The highest BCUT2D eigenvalue weighted by atomic mass is 32.1. The van der Waals surface area contributed by atoms with Gasteiger partial charge >= 0.3 is 0 Å². The van der Waals surface area contributed by atoms with E-state index in [1.165, 1.54) is 9.75 Å². The van der Waals surface area contributed by atoms with Crippen molar-refractivity contribution in [2.24, 2.45) is 0 Å². The summed E-state index contributed by atoms with van der Waals surface area (Å²) < 4.78 is 5.46. The van der Waals surface area contributed by atoms with Crippen molar-refractivity contribution in [3.63, 3.8) is 0 Å². The first-order valence-electron chi connectivity index (χ1n) is 6.03. The summed E-state index contributed by atoms with van der Waals surface area (Å²) in [5, 5.41) is 3.20. The van der Waals surface area contributed by atoms with Crippen LogP contribution in [0.2, 0.25) is 0 Å². The number of nitrogens with zero attached hydrogens (tertiary/aromatic N) is 2. The molecule has 96 valence electrons. The van der Waals surface area contributed by atoms with Gasteiger partial charge in [-0.15, -0.1) is 11.3 Å². The maximum atomic E-state index is 5.46. The SMILES string of the molecule is CCCOc1ccnc(NCc2ccc(C)s2)n1. The van der Waals surface area contributed by atoms with E-state index in [-0.39, 0.29) is 0 Å². The van der Waals surface area contributed by atoms with Crippen molar-refractivity contribution in [2.75, 3.05) is 11.9 Å². The highest BCUT2D eigenvalue weighted by Gasteiger charge is 2.01. The maximum Gasteiger partial charge on any atom is 0.226 e. The van der Waals surface area contributed by atoms with Crippen molar-refractivity contribution < 1.29 is 4.74 Å². The van der Waals surface area contributed by atoms with Gasteiger partial charge in [0.15, 0.2) is 0 Å². The Morgan fingerprint density at radius 3 is 2.94 bits per heavy atom. The largest absolute Gasteiger partial charge is 0.478 e. The van der Waals surface area contributed by atoms with E-state index < -0.39 is 0 Å². The van der Waals surface area contributed by atoms with Crippen molar-refractivity contribution in [2.45, 2.75) is 26.8 Å². The van der Waals surface area contributed by atoms with Crippen LogP contribution in [0.15, 0.2) is 24.4 Å². The molecule has 0 spiro atoms. The van der Waals surface area contributed by atoms with Crippen molar-refractivity contribution in [3.05, 3.63) is 34.2 Å². The number of thiophene rings is 1. The van der Waals surface area contributed by atoms with Gasteiger partial charge in [0.1, 0.15) is 0 Å². The summed E-state index contributed by atoms with van der Waals surface area (Å²) in [4.78, 5) is 11.1. The van der Waals surface area contributed by atoms with Gasteiger partial charge in [0.2, 0.25) is 11.8 Å². The van der Waals surface area contributed by atoms with Crippen LogP contribution >= 0.6 is 11.3 Å². The summed E-state index contributed by atoms with van der Waals surface area (Å²) >= 11 is 1.78. The molecule has 2 heterocycles.